The molecule has 1 aromatic carbocycles. The van der Waals surface area contributed by atoms with Gasteiger partial charge < -0.3 is 9.47 Å². The fourth-order valence-corrected chi connectivity index (χ4v) is 4.78. The lowest BCUT2D eigenvalue weighted by Gasteiger charge is -2.27. The summed E-state index contributed by atoms with van der Waals surface area (Å²) in [5, 5.41) is 4.78. The first-order valence-electron chi connectivity index (χ1n) is 12.1. The molecule has 0 N–H and O–H groups in total. The van der Waals surface area contributed by atoms with Gasteiger partial charge in [0, 0.05) is 30.2 Å². The van der Waals surface area contributed by atoms with E-state index in [9.17, 15) is 4.79 Å². The van der Waals surface area contributed by atoms with Gasteiger partial charge in [-0.05, 0) is 42.7 Å². The maximum Gasteiger partial charge on any atom is 0.230 e. The van der Waals surface area contributed by atoms with Crippen LogP contribution in [0, 0.1) is 5.82 Å². The van der Waals surface area contributed by atoms with E-state index in [1.54, 1.807) is 42.5 Å². The summed E-state index contributed by atoms with van der Waals surface area (Å²) >= 11 is 0. The second kappa shape index (κ2) is 9.27. The predicted octanol–water partition coefficient (Wildman–Crippen LogP) is 4.37. The molecule has 0 spiro atoms. The average molecular weight is 501 g/mol. The first-order valence-corrected chi connectivity index (χ1v) is 12.1. The molecule has 4 heterocycles. The number of rotatable bonds is 7. The fraction of sp³-hybridized carbons (Fsp3) is 0.296. The number of hydrogen-bond acceptors (Lipinski definition) is 7. The van der Waals surface area contributed by atoms with E-state index in [2.05, 4.69) is 15.0 Å². The van der Waals surface area contributed by atoms with E-state index in [0.717, 1.165) is 24.1 Å². The van der Waals surface area contributed by atoms with Crippen LogP contribution in [0.2, 0.25) is 0 Å². The zero-order chi connectivity index (χ0) is 25.5. The molecule has 188 valence electrons. The van der Waals surface area contributed by atoms with Crippen LogP contribution in [0.4, 0.5) is 10.2 Å². The highest BCUT2D eigenvalue weighted by Crippen LogP contribution is 2.46. The van der Waals surface area contributed by atoms with Gasteiger partial charge in [0.05, 0.1) is 38.6 Å². The molecule has 1 saturated carbocycles. The van der Waals surface area contributed by atoms with Crippen molar-refractivity contribution in [1.82, 2.24) is 24.7 Å². The third-order valence-electron chi connectivity index (χ3n) is 6.75. The van der Waals surface area contributed by atoms with Gasteiger partial charge in [-0.1, -0.05) is 6.07 Å². The largest absolute Gasteiger partial charge is 0.494 e. The van der Waals surface area contributed by atoms with Crippen molar-refractivity contribution in [1.29, 1.82) is 0 Å². The van der Waals surface area contributed by atoms with Gasteiger partial charge in [-0.2, -0.15) is 5.10 Å². The maximum atomic E-state index is 15.2. The van der Waals surface area contributed by atoms with Crippen LogP contribution in [0.1, 0.15) is 36.4 Å². The number of aryl methyl sites for hydroxylation is 1. The molecule has 2 aliphatic rings. The Bertz CT molecular complexity index is 1500. The molecule has 6 rings (SSSR count). The van der Waals surface area contributed by atoms with Crippen molar-refractivity contribution in [2.24, 2.45) is 0 Å². The number of hydrogen-bond donors (Lipinski definition) is 0. The summed E-state index contributed by atoms with van der Waals surface area (Å²) in [6.07, 6.45) is 5.55. The predicted molar refractivity (Wildman–Crippen MR) is 134 cm³/mol. The molecular formula is C27H25FN6O3. The third kappa shape index (κ3) is 4.18. The summed E-state index contributed by atoms with van der Waals surface area (Å²) in [5.41, 5.74) is 3.76. The monoisotopic (exact) mass is 500 g/mol. The van der Waals surface area contributed by atoms with Crippen molar-refractivity contribution >= 4 is 11.7 Å². The molecule has 3 aromatic heterocycles. The first-order chi connectivity index (χ1) is 18.1. The van der Waals surface area contributed by atoms with Crippen molar-refractivity contribution in [3.63, 3.8) is 0 Å². The molecule has 10 heteroatoms. The van der Waals surface area contributed by atoms with Gasteiger partial charge in [-0.15, -0.1) is 0 Å². The Labute approximate surface area is 212 Å². The molecule has 37 heavy (non-hydrogen) atoms. The maximum absolute atomic E-state index is 15.2. The lowest BCUT2D eigenvalue weighted by molar-refractivity contribution is -0.119. The molecule has 1 aliphatic heterocycles. The Morgan fingerprint density at radius 3 is 2.70 bits per heavy atom. The minimum Gasteiger partial charge on any atom is -0.494 e. The lowest BCUT2D eigenvalue weighted by Crippen LogP contribution is -2.36. The second-order valence-electron chi connectivity index (χ2n) is 9.13. The van der Waals surface area contributed by atoms with Crippen molar-refractivity contribution in [3.05, 3.63) is 66.0 Å². The molecular weight excluding hydrogens is 475 g/mol. The van der Waals surface area contributed by atoms with Crippen LogP contribution >= 0.6 is 0 Å². The van der Waals surface area contributed by atoms with Crippen molar-refractivity contribution in [2.45, 2.75) is 38.3 Å². The SMILES string of the molecule is COc1cccnc1-c1ccc(CN2C(=O)CCn3nc(-c4c(OC)ncnc4C4CC4)cc32)cc1F. The third-order valence-corrected chi connectivity index (χ3v) is 6.75. The number of carbonyl (C=O) groups is 1. The topological polar surface area (TPSA) is 95.3 Å². The van der Waals surface area contributed by atoms with E-state index in [0.29, 0.717) is 58.8 Å². The number of anilines is 1. The lowest BCUT2D eigenvalue weighted by atomic mass is 10.1. The zero-order valence-corrected chi connectivity index (χ0v) is 20.5. The van der Waals surface area contributed by atoms with Crippen molar-refractivity contribution in [2.75, 3.05) is 19.1 Å². The van der Waals surface area contributed by atoms with Gasteiger partial charge in [0.1, 0.15) is 35.1 Å². The summed E-state index contributed by atoms with van der Waals surface area (Å²) in [5.74, 6) is 1.48. The highest BCUT2D eigenvalue weighted by atomic mass is 19.1. The van der Waals surface area contributed by atoms with Crippen LogP contribution in [0.3, 0.4) is 0 Å². The number of ether oxygens (including phenoxy) is 2. The molecule has 0 atom stereocenters. The Hall–Kier alpha value is -4.34. The molecule has 0 unspecified atom stereocenters. The quantitative estimate of drug-likeness (QED) is 0.372. The summed E-state index contributed by atoms with van der Waals surface area (Å²) in [6.45, 7) is 0.671. The zero-order valence-electron chi connectivity index (χ0n) is 20.5. The Morgan fingerprint density at radius 2 is 1.95 bits per heavy atom. The van der Waals surface area contributed by atoms with E-state index < -0.39 is 5.82 Å². The highest BCUT2D eigenvalue weighted by molar-refractivity contribution is 5.94. The van der Waals surface area contributed by atoms with E-state index in [4.69, 9.17) is 14.6 Å². The number of carbonyl (C=O) groups excluding carboxylic acids is 1. The molecule has 1 fully saturated rings. The van der Waals surface area contributed by atoms with E-state index in [-0.39, 0.29) is 12.5 Å². The normalized spacial score (nSPS) is 15.0. The van der Waals surface area contributed by atoms with Crippen LogP contribution < -0.4 is 14.4 Å². The molecule has 0 bridgehead atoms. The van der Waals surface area contributed by atoms with Crippen LogP contribution in [0.5, 0.6) is 11.6 Å². The summed E-state index contributed by atoms with van der Waals surface area (Å²) < 4.78 is 27.9. The molecule has 0 radical (unpaired) electrons. The van der Waals surface area contributed by atoms with Crippen LogP contribution in [-0.4, -0.2) is 44.9 Å². The molecule has 4 aromatic rings. The number of nitrogens with zero attached hydrogens (tertiary/aromatic N) is 6. The van der Waals surface area contributed by atoms with Crippen molar-refractivity contribution in [3.8, 4) is 34.1 Å². The van der Waals surface area contributed by atoms with Crippen LogP contribution in [0.15, 0.2) is 48.9 Å². The highest BCUT2D eigenvalue weighted by Gasteiger charge is 2.33. The summed E-state index contributed by atoms with van der Waals surface area (Å²) in [7, 11) is 3.10. The fourth-order valence-electron chi connectivity index (χ4n) is 4.78. The van der Waals surface area contributed by atoms with Gasteiger partial charge in [-0.25, -0.2) is 19.0 Å². The van der Waals surface area contributed by atoms with Gasteiger partial charge in [-0.3, -0.25) is 14.7 Å². The number of amides is 1. The molecule has 0 saturated heterocycles. The van der Waals surface area contributed by atoms with Gasteiger partial charge in [0.15, 0.2) is 0 Å². The minimum atomic E-state index is -0.437. The van der Waals surface area contributed by atoms with E-state index >= 15 is 4.39 Å². The molecule has 1 aliphatic carbocycles. The van der Waals surface area contributed by atoms with Gasteiger partial charge >= 0.3 is 0 Å². The number of methoxy groups -OCH3 is 2. The number of benzene rings is 1. The number of pyridine rings is 1. The second-order valence-corrected chi connectivity index (χ2v) is 9.13. The number of fused-ring (bicyclic) bond motifs is 1. The first kappa shape index (κ1) is 23.1. The minimum absolute atomic E-state index is 0.0477. The van der Waals surface area contributed by atoms with Crippen LogP contribution in [0.25, 0.3) is 22.5 Å². The molecule has 1 amide bonds. The Balaban J connectivity index is 1.34. The standard InChI is InChI=1S/C27H25FN6O3/c1-36-21-4-3-10-29-26(21)18-8-5-16(12-19(18)28)14-33-22-13-20(32-34(22)11-9-23(33)35)24-25(17-6-7-17)30-15-31-27(24)37-2/h3-5,8,10,12-13,15,17H,6-7,9,11,14H2,1-2H3. The summed E-state index contributed by atoms with van der Waals surface area (Å²) in [6, 6.07) is 10.2. The van der Waals surface area contributed by atoms with Crippen LogP contribution in [-0.2, 0) is 17.9 Å². The Morgan fingerprint density at radius 1 is 1.08 bits per heavy atom. The van der Waals surface area contributed by atoms with E-state index in [1.165, 1.54) is 19.5 Å². The number of aromatic nitrogens is 5. The smallest absolute Gasteiger partial charge is 0.230 e. The summed E-state index contributed by atoms with van der Waals surface area (Å²) in [4.78, 5) is 27.7. The van der Waals surface area contributed by atoms with Gasteiger partial charge in [0.25, 0.3) is 0 Å². The number of halogens is 1. The van der Waals surface area contributed by atoms with Crippen molar-refractivity contribution < 1.29 is 18.7 Å². The molecule has 9 nitrogen and oxygen atoms in total. The van der Waals surface area contributed by atoms with Gasteiger partial charge in [0.2, 0.25) is 11.8 Å². The average Bonchev–Trinajstić information content (AvgIpc) is 3.68. The van der Waals surface area contributed by atoms with E-state index in [1.807, 2.05) is 10.7 Å². The Kier molecular flexibility index (Phi) is 5.78.